The first kappa shape index (κ1) is 29.7. The number of nitrogens with zero attached hydrogens (tertiary/aromatic N) is 4. The van der Waals surface area contributed by atoms with Crippen LogP contribution in [0.15, 0.2) is 36.5 Å². The Morgan fingerprint density at radius 2 is 1.79 bits per heavy atom. The summed E-state index contributed by atoms with van der Waals surface area (Å²) in [6, 6.07) is 5.88. The molecule has 4 heterocycles. The highest BCUT2D eigenvalue weighted by molar-refractivity contribution is 7.21. The summed E-state index contributed by atoms with van der Waals surface area (Å²) in [5.74, 6) is -0.878. The molecular formula is C30H33F3N6O3S. The average molecular weight is 615 g/mol. The van der Waals surface area contributed by atoms with Crippen LogP contribution in [0.1, 0.15) is 48.8 Å². The van der Waals surface area contributed by atoms with E-state index in [4.69, 9.17) is 14.5 Å². The second-order valence-electron chi connectivity index (χ2n) is 11.6. The van der Waals surface area contributed by atoms with Crippen LogP contribution in [0, 0.1) is 26.7 Å². The number of hydrogen-bond acceptors (Lipinski definition) is 10. The predicted molar refractivity (Wildman–Crippen MR) is 158 cm³/mol. The number of aryl methyl sites for hydroxylation is 3. The minimum atomic E-state index is -4.61. The van der Waals surface area contributed by atoms with Crippen LogP contribution in [-0.4, -0.2) is 61.9 Å². The molecule has 9 nitrogen and oxygen atoms in total. The van der Waals surface area contributed by atoms with Crippen LogP contribution in [0.25, 0.3) is 20.8 Å². The number of rotatable bonds is 7. The summed E-state index contributed by atoms with van der Waals surface area (Å²) < 4.78 is 56.4. The van der Waals surface area contributed by atoms with Crippen molar-refractivity contribution in [3.8, 4) is 10.6 Å². The van der Waals surface area contributed by atoms with Crippen LogP contribution < -0.4 is 10.6 Å². The molecule has 4 aromatic rings. The molecule has 3 N–H and O–H groups in total. The molecule has 0 radical (unpaired) electrons. The molecule has 5 unspecified atom stereocenters. The first-order valence-electron chi connectivity index (χ1n) is 14.1. The summed E-state index contributed by atoms with van der Waals surface area (Å²) in [7, 11) is 0. The zero-order valence-electron chi connectivity index (χ0n) is 24.4. The SMILES string of the molecule is Cc1ccccc1C(Nc1nc(C)c(-c2nc3c(C)nccc3s2)c(NC2CC(CO)C3OC(C)(C)OC23)n1)C(F)(F)F. The molecule has 6 rings (SSSR count). The number of halogens is 3. The number of anilines is 2. The number of aliphatic hydroxyl groups excluding tert-OH is 1. The van der Waals surface area contributed by atoms with Crippen LogP contribution in [0.5, 0.6) is 0 Å². The third-order valence-corrected chi connectivity index (χ3v) is 9.07. The number of pyridine rings is 1. The van der Waals surface area contributed by atoms with E-state index in [1.165, 1.54) is 17.4 Å². The Bertz CT molecular complexity index is 1660. The van der Waals surface area contributed by atoms with Crippen molar-refractivity contribution in [1.82, 2.24) is 19.9 Å². The highest BCUT2D eigenvalue weighted by Gasteiger charge is 2.54. The Hall–Kier alpha value is -3.39. The normalized spacial score (nSPS) is 23.8. The Morgan fingerprint density at radius 3 is 2.49 bits per heavy atom. The first-order valence-corrected chi connectivity index (χ1v) is 14.9. The molecule has 1 saturated carbocycles. The topological polar surface area (TPSA) is 114 Å². The fraction of sp³-hybridized carbons (Fsp3) is 0.467. The molecule has 2 fully saturated rings. The van der Waals surface area contributed by atoms with Gasteiger partial charge in [-0.15, -0.1) is 11.3 Å². The van der Waals surface area contributed by atoms with Gasteiger partial charge in [0.15, 0.2) is 11.8 Å². The Labute approximate surface area is 250 Å². The monoisotopic (exact) mass is 614 g/mol. The van der Waals surface area contributed by atoms with Gasteiger partial charge in [-0.25, -0.2) is 9.97 Å². The molecule has 1 aliphatic carbocycles. The quantitative estimate of drug-likeness (QED) is 0.227. The third kappa shape index (κ3) is 5.66. The van der Waals surface area contributed by atoms with Gasteiger partial charge < -0.3 is 25.2 Å². The maximum atomic E-state index is 14.4. The summed E-state index contributed by atoms with van der Waals surface area (Å²) in [5, 5.41) is 16.7. The average Bonchev–Trinajstić information content (AvgIpc) is 3.59. The lowest BCUT2D eigenvalue weighted by Gasteiger charge is -2.26. The van der Waals surface area contributed by atoms with E-state index in [2.05, 4.69) is 25.6 Å². The van der Waals surface area contributed by atoms with E-state index in [1.807, 2.05) is 26.8 Å². The fourth-order valence-corrected chi connectivity index (χ4v) is 7.16. The van der Waals surface area contributed by atoms with Gasteiger partial charge in [0, 0.05) is 18.7 Å². The van der Waals surface area contributed by atoms with Crippen molar-refractivity contribution in [2.45, 2.75) is 77.3 Å². The van der Waals surface area contributed by atoms with Crippen LogP contribution >= 0.6 is 11.3 Å². The lowest BCUT2D eigenvalue weighted by Crippen LogP contribution is -2.35. The van der Waals surface area contributed by atoms with Gasteiger partial charge >= 0.3 is 6.18 Å². The van der Waals surface area contributed by atoms with Crippen molar-refractivity contribution in [2.24, 2.45) is 5.92 Å². The molecule has 1 aromatic carbocycles. The van der Waals surface area contributed by atoms with E-state index >= 15 is 0 Å². The van der Waals surface area contributed by atoms with Crippen molar-refractivity contribution < 1.29 is 27.8 Å². The minimum absolute atomic E-state index is 0.0882. The van der Waals surface area contributed by atoms with Gasteiger partial charge in [0.2, 0.25) is 5.95 Å². The van der Waals surface area contributed by atoms with Crippen molar-refractivity contribution in [3.05, 3.63) is 59.0 Å². The van der Waals surface area contributed by atoms with Crippen molar-refractivity contribution in [1.29, 1.82) is 0 Å². The standard InChI is InChI=1S/C30H33F3N6O3S/c1-14-8-6-7-9-18(14)25(30(31,32)33)38-28-35-15(2)21(27-37-22-16(3)34-11-10-20(22)43-27)26(39-28)36-19-12-17(13-40)23-24(19)42-29(4,5)41-23/h6-11,17,19,23-25,40H,12-13H2,1-5H3,(H2,35,36,38,39). The van der Waals surface area contributed by atoms with Crippen molar-refractivity contribution >= 4 is 33.3 Å². The number of alkyl halides is 3. The van der Waals surface area contributed by atoms with Gasteiger partial charge in [0.25, 0.3) is 0 Å². The van der Waals surface area contributed by atoms with Gasteiger partial charge in [-0.2, -0.15) is 18.2 Å². The molecular weight excluding hydrogens is 581 g/mol. The smallest absolute Gasteiger partial charge is 0.396 e. The second-order valence-corrected chi connectivity index (χ2v) is 12.6. The molecule has 0 amide bonds. The molecule has 1 aliphatic heterocycles. The fourth-order valence-electron chi connectivity index (χ4n) is 6.05. The highest BCUT2D eigenvalue weighted by Crippen LogP contribution is 2.44. The molecule has 3 aromatic heterocycles. The van der Waals surface area contributed by atoms with E-state index < -0.39 is 24.1 Å². The van der Waals surface area contributed by atoms with E-state index in [9.17, 15) is 18.3 Å². The van der Waals surface area contributed by atoms with E-state index in [0.717, 1.165) is 15.9 Å². The highest BCUT2D eigenvalue weighted by atomic mass is 32.1. The number of hydrogen-bond donors (Lipinski definition) is 3. The van der Waals surface area contributed by atoms with Crippen LogP contribution in [-0.2, 0) is 9.47 Å². The van der Waals surface area contributed by atoms with Crippen LogP contribution in [0.4, 0.5) is 24.9 Å². The maximum absolute atomic E-state index is 14.4. The van der Waals surface area contributed by atoms with Gasteiger partial charge in [0.1, 0.15) is 22.4 Å². The third-order valence-electron chi connectivity index (χ3n) is 8.03. The maximum Gasteiger partial charge on any atom is 0.412 e. The molecule has 1 saturated heterocycles. The minimum Gasteiger partial charge on any atom is -0.396 e. The number of thiazole rings is 1. The molecule has 0 spiro atoms. The molecule has 0 bridgehead atoms. The van der Waals surface area contributed by atoms with Gasteiger partial charge in [-0.1, -0.05) is 24.3 Å². The number of ether oxygens (including phenoxy) is 2. The second kappa shape index (κ2) is 11.0. The molecule has 43 heavy (non-hydrogen) atoms. The summed E-state index contributed by atoms with van der Waals surface area (Å²) in [6.45, 7) is 8.79. The molecule has 13 heteroatoms. The molecule has 228 valence electrons. The van der Waals surface area contributed by atoms with E-state index in [-0.39, 0.29) is 36.2 Å². The lowest BCUT2D eigenvalue weighted by atomic mass is 10.0. The van der Waals surface area contributed by atoms with Gasteiger partial charge in [-0.05, 0) is 58.2 Å². The van der Waals surface area contributed by atoms with Crippen molar-refractivity contribution in [3.63, 3.8) is 0 Å². The van der Waals surface area contributed by atoms with Gasteiger partial charge in [-0.3, -0.25) is 4.98 Å². The summed E-state index contributed by atoms with van der Waals surface area (Å²) in [6.07, 6.45) is -3.12. The zero-order valence-corrected chi connectivity index (χ0v) is 25.2. The zero-order chi connectivity index (χ0) is 30.7. The van der Waals surface area contributed by atoms with Crippen molar-refractivity contribution in [2.75, 3.05) is 17.2 Å². The van der Waals surface area contributed by atoms with Crippen LogP contribution in [0.3, 0.4) is 0 Å². The van der Waals surface area contributed by atoms with Crippen LogP contribution in [0.2, 0.25) is 0 Å². The van der Waals surface area contributed by atoms with Gasteiger partial charge in [0.05, 0.1) is 33.8 Å². The first-order chi connectivity index (χ1) is 20.3. The Kier molecular flexibility index (Phi) is 7.56. The predicted octanol–water partition coefficient (Wildman–Crippen LogP) is 6.10. The lowest BCUT2D eigenvalue weighted by molar-refractivity contribution is -0.158. The number of aromatic nitrogens is 4. The number of nitrogens with one attached hydrogen (secondary N) is 2. The van der Waals surface area contributed by atoms with E-state index in [1.54, 1.807) is 38.2 Å². The molecule has 5 atom stereocenters. The summed E-state index contributed by atoms with van der Waals surface area (Å²) in [4.78, 5) is 18.3. The molecule has 2 aliphatic rings. The largest absolute Gasteiger partial charge is 0.412 e. The number of aliphatic hydroxyl groups is 1. The summed E-state index contributed by atoms with van der Waals surface area (Å²) >= 11 is 1.43. The Morgan fingerprint density at radius 1 is 1.05 bits per heavy atom. The number of fused-ring (bicyclic) bond motifs is 2. The Balaban J connectivity index is 1.44. The summed E-state index contributed by atoms with van der Waals surface area (Å²) in [5.41, 5.74) is 3.12. The van der Waals surface area contributed by atoms with E-state index in [0.29, 0.717) is 34.1 Å². The number of benzene rings is 1.